The number of benzene rings is 3. The first-order valence-corrected chi connectivity index (χ1v) is 16.5. The van der Waals surface area contributed by atoms with Crippen molar-refractivity contribution in [2.24, 2.45) is 0 Å². The average Bonchev–Trinajstić information content (AvgIpc) is 3.49. The van der Waals surface area contributed by atoms with Crippen LogP contribution in [0.1, 0.15) is 50.2 Å². The summed E-state index contributed by atoms with van der Waals surface area (Å²) in [7, 11) is -2.87. The zero-order chi connectivity index (χ0) is 31.1. The van der Waals surface area contributed by atoms with Crippen LogP contribution in [-0.2, 0) is 26.2 Å². The third-order valence-corrected chi connectivity index (χ3v) is 10.1. The van der Waals surface area contributed by atoms with Crippen molar-refractivity contribution in [1.29, 1.82) is 0 Å². The molecule has 43 heavy (non-hydrogen) atoms. The van der Waals surface area contributed by atoms with Crippen molar-refractivity contribution in [2.45, 2.75) is 69.5 Å². The lowest BCUT2D eigenvalue weighted by atomic mass is 10.1. The van der Waals surface area contributed by atoms with E-state index in [1.807, 2.05) is 13.8 Å². The molecular formula is C32H37Cl2N3O5S. The van der Waals surface area contributed by atoms with E-state index in [1.165, 1.54) is 30.2 Å². The number of ether oxygens (including phenoxy) is 1. The van der Waals surface area contributed by atoms with Gasteiger partial charge in [-0.05, 0) is 68.1 Å². The van der Waals surface area contributed by atoms with Crippen molar-refractivity contribution in [3.8, 4) is 5.75 Å². The number of aryl methyl sites for hydroxylation is 1. The van der Waals surface area contributed by atoms with Gasteiger partial charge in [0.1, 0.15) is 18.3 Å². The van der Waals surface area contributed by atoms with Gasteiger partial charge >= 0.3 is 0 Å². The summed E-state index contributed by atoms with van der Waals surface area (Å²) < 4.78 is 34.8. The minimum atomic E-state index is -4.28. The van der Waals surface area contributed by atoms with Crippen LogP contribution in [-0.4, -0.2) is 50.9 Å². The predicted octanol–water partition coefficient (Wildman–Crippen LogP) is 6.37. The third kappa shape index (κ3) is 7.82. The molecule has 0 radical (unpaired) electrons. The van der Waals surface area contributed by atoms with Gasteiger partial charge in [0.25, 0.3) is 10.0 Å². The fraction of sp³-hybridized carbons (Fsp3) is 0.375. The lowest BCUT2D eigenvalue weighted by Gasteiger charge is -2.34. The van der Waals surface area contributed by atoms with Gasteiger partial charge in [0.2, 0.25) is 11.8 Å². The number of carbonyl (C=O) groups excluding carboxylic acids is 2. The summed E-state index contributed by atoms with van der Waals surface area (Å²) in [5.74, 6) is -0.634. The summed E-state index contributed by atoms with van der Waals surface area (Å²) >= 11 is 12.8. The molecule has 0 bridgehead atoms. The number of hydrogen-bond acceptors (Lipinski definition) is 5. The van der Waals surface area contributed by atoms with Gasteiger partial charge in [0.05, 0.1) is 17.7 Å². The molecule has 0 spiro atoms. The number of sulfonamides is 1. The maximum absolute atomic E-state index is 14.3. The van der Waals surface area contributed by atoms with Crippen LogP contribution in [0.25, 0.3) is 0 Å². The predicted molar refractivity (Wildman–Crippen MR) is 170 cm³/mol. The van der Waals surface area contributed by atoms with E-state index in [2.05, 4.69) is 5.32 Å². The second-order valence-corrected chi connectivity index (χ2v) is 13.4. The molecule has 3 aromatic rings. The summed E-state index contributed by atoms with van der Waals surface area (Å²) in [6, 6.07) is 17.2. The van der Waals surface area contributed by atoms with E-state index >= 15 is 0 Å². The van der Waals surface area contributed by atoms with Gasteiger partial charge in [-0.15, -0.1) is 0 Å². The Balaban J connectivity index is 1.77. The van der Waals surface area contributed by atoms with E-state index in [4.69, 9.17) is 27.9 Å². The average molecular weight is 647 g/mol. The lowest BCUT2D eigenvalue weighted by molar-refractivity contribution is -0.140. The van der Waals surface area contributed by atoms with Crippen LogP contribution in [0, 0.1) is 6.92 Å². The first-order valence-electron chi connectivity index (χ1n) is 14.3. The number of methoxy groups -OCH3 is 1. The van der Waals surface area contributed by atoms with Crippen LogP contribution in [0.3, 0.4) is 0 Å². The highest BCUT2D eigenvalue weighted by atomic mass is 35.5. The minimum Gasteiger partial charge on any atom is -0.495 e. The second-order valence-electron chi connectivity index (χ2n) is 10.7. The number of nitrogens with one attached hydrogen (secondary N) is 1. The third-order valence-electron chi connectivity index (χ3n) is 7.68. The van der Waals surface area contributed by atoms with Crippen LogP contribution in [0.15, 0.2) is 71.6 Å². The summed E-state index contributed by atoms with van der Waals surface area (Å²) in [6.45, 7) is 3.09. The van der Waals surface area contributed by atoms with E-state index in [1.54, 1.807) is 48.5 Å². The molecule has 1 N–H and O–H groups in total. The Labute approximate surface area is 264 Å². The van der Waals surface area contributed by atoms with Gasteiger partial charge in [0.15, 0.2) is 0 Å². The Morgan fingerprint density at radius 1 is 1.02 bits per heavy atom. The number of amides is 2. The smallest absolute Gasteiger partial charge is 0.264 e. The first kappa shape index (κ1) is 32.6. The summed E-state index contributed by atoms with van der Waals surface area (Å²) in [5, 5.41) is 3.81. The van der Waals surface area contributed by atoms with Crippen LogP contribution >= 0.6 is 23.2 Å². The summed E-state index contributed by atoms with van der Waals surface area (Å²) in [5.41, 5.74) is 1.62. The number of anilines is 1. The zero-order valence-corrected chi connectivity index (χ0v) is 26.9. The van der Waals surface area contributed by atoms with Crippen molar-refractivity contribution in [3.63, 3.8) is 0 Å². The molecule has 3 aromatic carbocycles. The number of carbonyl (C=O) groups is 2. The highest BCUT2D eigenvalue weighted by molar-refractivity contribution is 7.92. The number of rotatable bonds is 12. The van der Waals surface area contributed by atoms with Gasteiger partial charge < -0.3 is 15.0 Å². The quantitative estimate of drug-likeness (QED) is 0.247. The maximum atomic E-state index is 14.3. The SMILES string of the molecule is CC[C@@H](C(=O)NC1CCCC1)N(Cc1ccccc1Cl)C(=O)CN(c1cc(Cl)ccc1OC)S(=O)(=O)c1ccc(C)cc1. The van der Waals surface area contributed by atoms with Crippen molar-refractivity contribution in [3.05, 3.63) is 87.9 Å². The molecule has 1 aliphatic rings. The van der Waals surface area contributed by atoms with Gasteiger partial charge in [-0.3, -0.25) is 13.9 Å². The van der Waals surface area contributed by atoms with Gasteiger partial charge in [0, 0.05) is 22.6 Å². The van der Waals surface area contributed by atoms with Crippen molar-refractivity contribution >= 4 is 50.7 Å². The molecule has 1 aliphatic carbocycles. The van der Waals surface area contributed by atoms with Crippen LogP contribution in [0.4, 0.5) is 5.69 Å². The molecule has 0 heterocycles. The van der Waals surface area contributed by atoms with E-state index in [9.17, 15) is 18.0 Å². The van der Waals surface area contributed by atoms with Gasteiger partial charge in [-0.25, -0.2) is 8.42 Å². The van der Waals surface area contributed by atoms with E-state index in [-0.39, 0.29) is 39.8 Å². The second kappa shape index (κ2) is 14.5. The molecule has 1 fully saturated rings. The highest BCUT2D eigenvalue weighted by Crippen LogP contribution is 2.35. The normalized spacial score (nSPS) is 14.3. The Bertz CT molecular complexity index is 1540. The topological polar surface area (TPSA) is 96.0 Å². The standard InChI is InChI=1S/C32H37Cl2N3O5S/c1-4-28(32(39)35-25-10-6-7-11-25)36(20-23-9-5-8-12-27(23)34)31(38)21-37(29-19-24(33)15-18-30(29)42-3)43(40,41)26-16-13-22(2)14-17-26/h5,8-9,12-19,25,28H,4,6-7,10-11,20-21H2,1-3H3,(H,35,39)/t28-/m0/s1. The van der Waals surface area contributed by atoms with Crippen molar-refractivity contribution in [1.82, 2.24) is 10.2 Å². The largest absolute Gasteiger partial charge is 0.495 e. The Morgan fingerprint density at radius 3 is 2.33 bits per heavy atom. The summed E-state index contributed by atoms with van der Waals surface area (Å²) in [6.07, 6.45) is 4.17. The van der Waals surface area contributed by atoms with Gasteiger partial charge in [-0.1, -0.05) is 78.9 Å². The Hall–Kier alpha value is -3.27. The molecule has 0 saturated heterocycles. The molecule has 0 unspecified atom stereocenters. The summed E-state index contributed by atoms with van der Waals surface area (Å²) in [4.78, 5) is 29.3. The molecule has 0 aromatic heterocycles. The Morgan fingerprint density at radius 2 is 1.70 bits per heavy atom. The molecule has 11 heteroatoms. The molecule has 4 rings (SSSR count). The van der Waals surface area contributed by atoms with Gasteiger partial charge in [-0.2, -0.15) is 0 Å². The molecular weight excluding hydrogens is 609 g/mol. The number of hydrogen-bond donors (Lipinski definition) is 1. The first-order chi connectivity index (χ1) is 20.5. The van der Waals surface area contributed by atoms with E-state index in [0.717, 1.165) is 35.6 Å². The molecule has 230 valence electrons. The highest BCUT2D eigenvalue weighted by Gasteiger charge is 2.35. The van der Waals surface area contributed by atoms with Crippen molar-refractivity contribution < 1.29 is 22.7 Å². The Kier molecular flexibility index (Phi) is 11.0. The minimum absolute atomic E-state index is 0.00315. The molecule has 1 saturated carbocycles. The lowest BCUT2D eigenvalue weighted by Crippen LogP contribution is -2.53. The van der Waals surface area contributed by atoms with Crippen LogP contribution in [0.2, 0.25) is 10.0 Å². The fourth-order valence-corrected chi connectivity index (χ4v) is 7.08. The fourth-order valence-electron chi connectivity index (χ4n) is 5.31. The van der Waals surface area contributed by atoms with Crippen LogP contribution < -0.4 is 14.4 Å². The monoisotopic (exact) mass is 645 g/mol. The zero-order valence-electron chi connectivity index (χ0n) is 24.6. The van der Waals surface area contributed by atoms with Crippen molar-refractivity contribution in [2.75, 3.05) is 18.0 Å². The molecule has 8 nitrogen and oxygen atoms in total. The number of nitrogens with zero attached hydrogens (tertiary/aromatic N) is 2. The number of halogens is 2. The molecule has 1 atom stereocenters. The van der Waals surface area contributed by atoms with E-state index < -0.39 is 28.5 Å². The van der Waals surface area contributed by atoms with E-state index in [0.29, 0.717) is 17.0 Å². The molecule has 0 aliphatic heterocycles. The molecule has 2 amide bonds. The maximum Gasteiger partial charge on any atom is 0.264 e. The van der Waals surface area contributed by atoms with Crippen LogP contribution in [0.5, 0.6) is 5.75 Å².